The van der Waals surface area contributed by atoms with E-state index in [2.05, 4.69) is 0 Å². The topological polar surface area (TPSA) is 70.1 Å². The molecule has 2 fully saturated rings. The first-order valence-electron chi connectivity index (χ1n) is 6.30. The van der Waals surface area contributed by atoms with Gasteiger partial charge in [0.25, 0.3) is 0 Å². The Labute approximate surface area is 106 Å². The molecule has 2 heterocycles. The molecule has 0 aromatic heterocycles. The highest BCUT2D eigenvalue weighted by Crippen LogP contribution is 2.21. The largest absolute Gasteiger partial charge is 0.394 e. The van der Waals surface area contributed by atoms with Crippen molar-refractivity contribution in [3.8, 4) is 0 Å². The van der Waals surface area contributed by atoms with Crippen molar-refractivity contribution in [3.63, 3.8) is 0 Å². The first-order chi connectivity index (χ1) is 8.51. The Morgan fingerprint density at radius 2 is 2.17 bits per heavy atom. The van der Waals surface area contributed by atoms with Gasteiger partial charge in [0, 0.05) is 33.1 Å². The molecule has 2 aliphatic heterocycles. The maximum absolute atomic E-state index is 12.3. The van der Waals surface area contributed by atoms with Crippen LogP contribution in [0.15, 0.2) is 0 Å². The van der Waals surface area contributed by atoms with Crippen LogP contribution < -0.4 is 0 Å². The number of carbonyl (C=O) groups excluding carboxylic acids is 2. The summed E-state index contributed by atoms with van der Waals surface area (Å²) in [5, 5.41) is 9.13. The Hall–Kier alpha value is -1.14. The molecule has 6 nitrogen and oxygen atoms in total. The number of likely N-dealkylation sites (tertiary alicyclic amines) is 1. The Bertz CT molecular complexity index is 347. The highest BCUT2D eigenvalue weighted by molar-refractivity contribution is 5.89. The number of rotatable bonds is 2. The Morgan fingerprint density at radius 1 is 1.44 bits per heavy atom. The van der Waals surface area contributed by atoms with E-state index in [1.807, 2.05) is 6.92 Å². The quantitative estimate of drug-likeness (QED) is 0.693. The summed E-state index contributed by atoms with van der Waals surface area (Å²) in [6.07, 6.45) is -0.0903. The number of carbonyl (C=O) groups is 2. The molecule has 1 N–H and O–H groups in total. The highest BCUT2D eigenvalue weighted by Gasteiger charge is 2.37. The van der Waals surface area contributed by atoms with Crippen LogP contribution >= 0.6 is 0 Å². The van der Waals surface area contributed by atoms with E-state index >= 15 is 0 Å². The fraction of sp³-hybridized carbons (Fsp3) is 0.833. The molecular weight excluding hydrogens is 236 g/mol. The van der Waals surface area contributed by atoms with Gasteiger partial charge in [0.15, 0.2) is 0 Å². The smallest absolute Gasteiger partial charge is 0.228 e. The minimum atomic E-state index is -0.312. The lowest BCUT2D eigenvalue weighted by atomic mass is 10.1. The molecule has 0 saturated carbocycles. The number of hydrogen-bond acceptors (Lipinski definition) is 4. The molecule has 2 saturated heterocycles. The van der Waals surface area contributed by atoms with E-state index in [1.54, 1.807) is 16.8 Å². The van der Waals surface area contributed by atoms with Gasteiger partial charge in [-0.3, -0.25) is 9.59 Å². The Morgan fingerprint density at radius 3 is 2.72 bits per heavy atom. The van der Waals surface area contributed by atoms with Gasteiger partial charge in [-0.1, -0.05) is 0 Å². The van der Waals surface area contributed by atoms with E-state index in [-0.39, 0.29) is 36.5 Å². The van der Waals surface area contributed by atoms with Crippen LogP contribution in [0.2, 0.25) is 0 Å². The molecule has 18 heavy (non-hydrogen) atoms. The second-order valence-electron chi connectivity index (χ2n) is 5.17. The molecule has 0 aromatic carbocycles. The summed E-state index contributed by atoms with van der Waals surface area (Å²) >= 11 is 0. The molecule has 6 heteroatoms. The summed E-state index contributed by atoms with van der Waals surface area (Å²) in [5.41, 5.74) is 0. The van der Waals surface area contributed by atoms with Crippen LogP contribution in [0.3, 0.4) is 0 Å². The molecule has 2 aliphatic rings. The predicted molar refractivity (Wildman–Crippen MR) is 63.7 cm³/mol. The molecule has 0 aliphatic carbocycles. The van der Waals surface area contributed by atoms with E-state index in [1.165, 1.54) is 0 Å². The van der Waals surface area contributed by atoms with Crippen molar-refractivity contribution in [3.05, 3.63) is 0 Å². The van der Waals surface area contributed by atoms with Crippen LogP contribution in [-0.4, -0.2) is 72.2 Å². The van der Waals surface area contributed by atoms with Crippen molar-refractivity contribution in [2.75, 3.05) is 33.3 Å². The summed E-state index contributed by atoms with van der Waals surface area (Å²) < 4.78 is 5.50. The molecular formula is C12H20N2O4. The molecule has 0 aromatic rings. The Balaban J connectivity index is 1.98. The van der Waals surface area contributed by atoms with Gasteiger partial charge in [-0.15, -0.1) is 0 Å². The summed E-state index contributed by atoms with van der Waals surface area (Å²) in [6.45, 7) is 3.23. The normalized spacial score (nSPS) is 33.1. The number of nitrogens with zero attached hydrogens (tertiary/aromatic N) is 2. The van der Waals surface area contributed by atoms with Gasteiger partial charge >= 0.3 is 0 Å². The number of aliphatic hydroxyl groups excluding tert-OH is 1. The third-order valence-corrected chi connectivity index (χ3v) is 3.53. The maximum Gasteiger partial charge on any atom is 0.228 e. The molecule has 0 spiro atoms. The van der Waals surface area contributed by atoms with Gasteiger partial charge in [0.2, 0.25) is 11.8 Å². The van der Waals surface area contributed by atoms with Crippen molar-refractivity contribution >= 4 is 11.8 Å². The molecule has 3 unspecified atom stereocenters. The minimum Gasteiger partial charge on any atom is -0.394 e. The lowest BCUT2D eigenvalue weighted by Crippen LogP contribution is -2.52. The van der Waals surface area contributed by atoms with Gasteiger partial charge in [-0.05, 0) is 6.92 Å². The van der Waals surface area contributed by atoms with Crippen LogP contribution in [0, 0.1) is 5.92 Å². The summed E-state index contributed by atoms with van der Waals surface area (Å²) in [6, 6.07) is 0. The van der Waals surface area contributed by atoms with Crippen molar-refractivity contribution in [1.29, 1.82) is 0 Å². The van der Waals surface area contributed by atoms with Gasteiger partial charge in [0.1, 0.15) is 0 Å². The van der Waals surface area contributed by atoms with Crippen LogP contribution in [-0.2, 0) is 14.3 Å². The summed E-state index contributed by atoms with van der Waals surface area (Å²) in [4.78, 5) is 27.1. The standard InChI is InChI=1S/C12H20N2O4/c1-8-4-14(6-10(7-15)18-8)12(17)9-3-11(16)13(2)5-9/h8-10,15H,3-7H2,1-2H3. The van der Waals surface area contributed by atoms with Crippen molar-refractivity contribution in [2.24, 2.45) is 5.92 Å². The van der Waals surface area contributed by atoms with E-state index in [0.29, 0.717) is 26.1 Å². The van der Waals surface area contributed by atoms with Crippen LogP contribution in [0.5, 0.6) is 0 Å². The monoisotopic (exact) mass is 256 g/mol. The fourth-order valence-corrected chi connectivity index (χ4v) is 2.61. The molecule has 102 valence electrons. The van der Waals surface area contributed by atoms with Gasteiger partial charge in [-0.2, -0.15) is 0 Å². The highest BCUT2D eigenvalue weighted by atomic mass is 16.5. The van der Waals surface area contributed by atoms with E-state index < -0.39 is 0 Å². The van der Waals surface area contributed by atoms with Crippen molar-refractivity contribution < 1.29 is 19.4 Å². The number of amides is 2. The van der Waals surface area contributed by atoms with E-state index in [4.69, 9.17) is 9.84 Å². The van der Waals surface area contributed by atoms with E-state index in [0.717, 1.165) is 0 Å². The first kappa shape index (κ1) is 13.3. The zero-order valence-electron chi connectivity index (χ0n) is 10.8. The van der Waals surface area contributed by atoms with Crippen LogP contribution in [0.1, 0.15) is 13.3 Å². The average molecular weight is 256 g/mol. The third-order valence-electron chi connectivity index (χ3n) is 3.53. The maximum atomic E-state index is 12.3. The van der Waals surface area contributed by atoms with Crippen molar-refractivity contribution in [2.45, 2.75) is 25.6 Å². The predicted octanol–water partition coefficient (Wildman–Crippen LogP) is -0.927. The minimum absolute atomic E-state index is 0.00120. The lowest BCUT2D eigenvalue weighted by Gasteiger charge is -2.37. The Kier molecular flexibility index (Phi) is 3.87. The zero-order valence-corrected chi connectivity index (χ0v) is 10.8. The molecule has 0 bridgehead atoms. The molecule has 3 atom stereocenters. The number of ether oxygens (including phenoxy) is 1. The first-order valence-corrected chi connectivity index (χ1v) is 6.30. The van der Waals surface area contributed by atoms with Gasteiger partial charge in [0.05, 0.1) is 24.7 Å². The summed E-state index contributed by atoms with van der Waals surface area (Å²) in [7, 11) is 1.72. The van der Waals surface area contributed by atoms with Crippen LogP contribution in [0.25, 0.3) is 0 Å². The second-order valence-corrected chi connectivity index (χ2v) is 5.17. The number of hydrogen-bond donors (Lipinski definition) is 1. The fourth-order valence-electron chi connectivity index (χ4n) is 2.61. The second kappa shape index (κ2) is 5.24. The SMILES string of the molecule is CC1CN(C(=O)C2CC(=O)N(C)C2)CC(CO)O1. The van der Waals surface area contributed by atoms with Crippen molar-refractivity contribution in [1.82, 2.24) is 9.80 Å². The van der Waals surface area contributed by atoms with Gasteiger partial charge < -0.3 is 19.6 Å². The van der Waals surface area contributed by atoms with E-state index in [9.17, 15) is 9.59 Å². The lowest BCUT2D eigenvalue weighted by molar-refractivity contribution is -0.151. The van der Waals surface area contributed by atoms with Crippen LogP contribution in [0.4, 0.5) is 0 Å². The third kappa shape index (κ3) is 2.64. The number of aliphatic hydroxyl groups is 1. The average Bonchev–Trinajstić information content (AvgIpc) is 2.68. The summed E-state index contributed by atoms with van der Waals surface area (Å²) in [5.74, 6) is -0.221. The zero-order chi connectivity index (χ0) is 13.3. The number of morpholine rings is 1. The van der Waals surface area contributed by atoms with Gasteiger partial charge in [-0.25, -0.2) is 0 Å². The molecule has 0 radical (unpaired) electrons. The molecule has 2 rings (SSSR count). The molecule has 2 amide bonds.